The third-order valence-electron chi connectivity index (χ3n) is 4.85. The van der Waals surface area contributed by atoms with Gasteiger partial charge in [-0.1, -0.05) is 73.4 Å². The Morgan fingerprint density at radius 1 is 0.960 bits per heavy atom. The lowest BCUT2D eigenvalue weighted by atomic mass is 9.75. The highest BCUT2D eigenvalue weighted by Crippen LogP contribution is 2.40. The molecule has 1 rings (SSSR count). The van der Waals surface area contributed by atoms with Crippen LogP contribution in [0.15, 0.2) is 12.1 Å². The first kappa shape index (κ1) is 21.4. The average Bonchev–Trinajstić information content (AvgIpc) is 2.51. The molecule has 0 aromatic heterocycles. The van der Waals surface area contributed by atoms with Crippen molar-refractivity contribution in [1.29, 1.82) is 0 Å². The molecule has 0 radical (unpaired) electrons. The number of hydrogen-bond acceptors (Lipinski definition) is 3. The van der Waals surface area contributed by atoms with Crippen LogP contribution >= 0.6 is 0 Å². The quantitative estimate of drug-likeness (QED) is 0.552. The van der Waals surface area contributed by atoms with Crippen molar-refractivity contribution in [2.24, 2.45) is 5.41 Å². The summed E-state index contributed by atoms with van der Waals surface area (Å²) < 4.78 is 0. The van der Waals surface area contributed by atoms with E-state index in [2.05, 4.69) is 41.5 Å². The second-order valence-corrected chi connectivity index (χ2v) is 9.28. The fourth-order valence-corrected chi connectivity index (χ4v) is 3.01. The van der Waals surface area contributed by atoms with Gasteiger partial charge < -0.3 is 14.7 Å². The molecule has 0 aliphatic heterocycles. The van der Waals surface area contributed by atoms with Gasteiger partial charge >= 0.3 is 0 Å². The normalized spacial score (nSPS) is 12.9. The second-order valence-electron chi connectivity index (χ2n) is 9.28. The van der Waals surface area contributed by atoms with Gasteiger partial charge in [-0.25, -0.2) is 0 Å². The predicted octanol–water partition coefficient (Wildman–Crippen LogP) is 5.10. The Labute approximate surface area is 152 Å². The van der Waals surface area contributed by atoms with Crippen molar-refractivity contribution < 1.29 is 14.7 Å². The van der Waals surface area contributed by atoms with Gasteiger partial charge in [0.05, 0.1) is 5.41 Å². The van der Waals surface area contributed by atoms with Crippen molar-refractivity contribution in [3.05, 3.63) is 28.8 Å². The molecule has 0 atom stereocenters. The van der Waals surface area contributed by atoms with E-state index in [-0.39, 0.29) is 23.0 Å². The van der Waals surface area contributed by atoms with Crippen LogP contribution in [0.2, 0.25) is 0 Å². The number of phenols is 1. The van der Waals surface area contributed by atoms with Gasteiger partial charge in [-0.05, 0) is 40.4 Å². The van der Waals surface area contributed by atoms with Gasteiger partial charge in [-0.2, -0.15) is 0 Å². The summed E-state index contributed by atoms with van der Waals surface area (Å²) in [5.74, 6) is 0.213. The Morgan fingerprint density at radius 2 is 1.52 bits per heavy atom. The van der Waals surface area contributed by atoms with E-state index in [0.717, 1.165) is 36.5 Å². The van der Waals surface area contributed by atoms with E-state index in [1.807, 2.05) is 19.1 Å². The maximum atomic E-state index is 11.7. The first-order valence-corrected chi connectivity index (χ1v) is 9.19. The van der Waals surface area contributed by atoms with Crippen LogP contribution in [-0.4, -0.2) is 17.7 Å². The number of aldehydes is 2. The van der Waals surface area contributed by atoms with Crippen LogP contribution in [0.4, 0.5) is 0 Å². The molecule has 0 fully saturated rings. The largest absolute Gasteiger partial charge is 0.507 e. The molecule has 1 aromatic rings. The third kappa shape index (κ3) is 5.17. The van der Waals surface area contributed by atoms with Gasteiger partial charge in [-0.3, -0.25) is 0 Å². The number of unbranched alkanes of at least 4 members (excludes halogenated alkanes) is 1. The van der Waals surface area contributed by atoms with Crippen LogP contribution < -0.4 is 0 Å². The third-order valence-corrected chi connectivity index (χ3v) is 4.85. The van der Waals surface area contributed by atoms with Gasteiger partial charge in [0, 0.05) is 0 Å². The molecule has 0 bridgehead atoms. The lowest BCUT2D eigenvalue weighted by Gasteiger charge is -2.29. The smallest absolute Gasteiger partial charge is 0.133 e. The first-order chi connectivity index (χ1) is 11.4. The van der Waals surface area contributed by atoms with Crippen LogP contribution in [-0.2, 0) is 26.8 Å². The van der Waals surface area contributed by atoms with Crippen molar-refractivity contribution >= 4 is 12.6 Å². The highest BCUT2D eigenvalue weighted by Gasteiger charge is 2.32. The molecule has 0 aliphatic carbocycles. The number of hydrogen-bond donors (Lipinski definition) is 1. The summed E-state index contributed by atoms with van der Waals surface area (Å²) in [5.41, 5.74) is 1.28. The summed E-state index contributed by atoms with van der Waals surface area (Å²) >= 11 is 0. The Bertz CT molecular complexity index is 607. The molecule has 0 aliphatic rings. The summed E-state index contributed by atoms with van der Waals surface area (Å²) in [5, 5.41) is 10.9. The maximum Gasteiger partial charge on any atom is 0.133 e. The van der Waals surface area contributed by atoms with E-state index >= 15 is 0 Å². The minimum Gasteiger partial charge on any atom is -0.507 e. The topological polar surface area (TPSA) is 54.4 Å². The first-order valence-electron chi connectivity index (χ1n) is 9.19. The Balaban J connectivity index is 3.52. The molecular weight excluding hydrogens is 312 g/mol. The summed E-state index contributed by atoms with van der Waals surface area (Å²) in [7, 11) is 0. The number of benzene rings is 1. The van der Waals surface area contributed by atoms with Crippen LogP contribution in [0.25, 0.3) is 0 Å². The zero-order chi connectivity index (χ0) is 19.5. The summed E-state index contributed by atoms with van der Waals surface area (Å²) in [6.45, 7) is 14.6. The zero-order valence-electron chi connectivity index (χ0n) is 16.9. The standard InChI is InChI=1S/C22H34O3/c1-8-9-10-22(14-23,15-24)13-16-11-17(20(2,3)4)12-18(19(16)25)21(5,6)7/h11-12,14-15,25H,8-10,13H2,1-7H3. The van der Waals surface area contributed by atoms with Gasteiger partial charge in [0.25, 0.3) is 0 Å². The maximum absolute atomic E-state index is 11.7. The molecule has 0 heterocycles. The summed E-state index contributed by atoms with van der Waals surface area (Å²) in [6.07, 6.45) is 4.01. The summed E-state index contributed by atoms with van der Waals surface area (Å²) in [6, 6.07) is 4.01. The average molecular weight is 347 g/mol. The lowest BCUT2D eigenvalue weighted by molar-refractivity contribution is -0.126. The monoisotopic (exact) mass is 346 g/mol. The van der Waals surface area contributed by atoms with Gasteiger partial charge in [0.15, 0.2) is 0 Å². The van der Waals surface area contributed by atoms with Crippen LogP contribution in [0, 0.1) is 5.41 Å². The fraction of sp³-hybridized carbons (Fsp3) is 0.636. The van der Waals surface area contributed by atoms with Gasteiger partial charge in [-0.15, -0.1) is 0 Å². The van der Waals surface area contributed by atoms with Crippen molar-refractivity contribution in [1.82, 2.24) is 0 Å². The second kappa shape index (κ2) is 7.72. The number of rotatable bonds is 7. The number of carbonyl (C=O) groups is 2. The molecule has 1 N–H and O–H groups in total. The molecule has 0 saturated heterocycles. The van der Waals surface area contributed by atoms with E-state index in [1.165, 1.54) is 0 Å². The number of carbonyl (C=O) groups excluding carboxylic acids is 2. The van der Waals surface area contributed by atoms with Crippen molar-refractivity contribution in [2.45, 2.75) is 85.0 Å². The Kier molecular flexibility index (Phi) is 6.61. The zero-order valence-corrected chi connectivity index (χ0v) is 16.9. The molecular formula is C22H34O3. The van der Waals surface area contributed by atoms with Crippen LogP contribution in [0.3, 0.4) is 0 Å². The van der Waals surface area contributed by atoms with Gasteiger partial charge in [0.2, 0.25) is 0 Å². The van der Waals surface area contributed by atoms with Crippen molar-refractivity contribution in [3.63, 3.8) is 0 Å². The van der Waals surface area contributed by atoms with Crippen molar-refractivity contribution in [3.8, 4) is 5.75 Å². The number of aromatic hydroxyl groups is 1. The molecule has 1 aromatic carbocycles. The molecule has 3 nitrogen and oxygen atoms in total. The van der Waals surface area contributed by atoms with E-state index in [4.69, 9.17) is 0 Å². The minimum atomic E-state index is -1.06. The van der Waals surface area contributed by atoms with E-state index in [0.29, 0.717) is 12.0 Å². The highest BCUT2D eigenvalue weighted by molar-refractivity contribution is 5.84. The molecule has 0 spiro atoms. The lowest BCUT2D eigenvalue weighted by Crippen LogP contribution is -2.28. The van der Waals surface area contributed by atoms with E-state index in [1.54, 1.807) is 0 Å². The summed E-state index contributed by atoms with van der Waals surface area (Å²) in [4.78, 5) is 23.5. The molecule has 0 amide bonds. The van der Waals surface area contributed by atoms with E-state index < -0.39 is 5.41 Å². The van der Waals surface area contributed by atoms with Crippen LogP contribution in [0.5, 0.6) is 5.75 Å². The predicted molar refractivity (Wildman–Crippen MR) is 103 cm³/mol. The fourth-order valence-electron chi connectivity index (χ4n) is 3.01. The molecule has 0 unspecified atom stereocenters. The molecule has 0 saturated carbocycles. The van der Waals surface area contributed by atoms with Gasteiger partial charge in [0.1, 0.15) is 18.3 Å². The molecule has 25 heavy (non-hydrogen) atoms. The van der Waals surface area contributed by atoms with Crippen molar-refractivity contribution in [2.75, 3.05) is 0 Å². The van der Waals surface area contributed by atoms with E-state index in [9.17, 15) is 14.7 Å². The number of phenolic OH excluding ortho intramolecular Hbond substituents is 1. The Hall–Kier alpha value is -1.64. The highest BCUT2D eigenvalue weighted by atomic mass is 16.3. The SMILES string of the molecule is CCCCC(C=O)(C=O)Cc1cc(C(C)(C)C)cc(C(C)(C)C)c1O. The Morgan fingerprint density at radius 3 is 1.92 bits per heavy atom. The van der Waals surface area contributed by atoms with Crippen LogP contribution in [0.1, 0.15) is 84.4 Å². The molecule has 3 heteroatoms. The minimum absolute atomic E-state index is 0.0864. The molecule has 140 valence electrons.